The Morgan fingerprint density at radius 1 is 1.31 bits per heavy atom. The number of aromatic nitrogens is 1. The molecule has 29 heavy (non-hydrogen) atoms. The molecule has 2 aliphatic heterocycles. The molecule has 10 heteroatoms. The quantitative estimate of drug-likeness (QED) is 0.603. The third kappa shape index (κ3) is 4.82. The number of carbonyl (C=O) groups is 4. The van der Waals surface area contributed by atoms with Gasteiger partial charge in [-0.25, -0.2) is 4.98 Å². The van der Waals surface area contributed by atoms with E-state index in [9.17, 15) is 19.2 Å². The smallest absolute Gasteiger partial charge is 0.248 e. The Morgan fingerprint density at radius 3 is 2.79 bits per heavy atom. The third-order valence-electron chi connectivity index (χ3n) is 5.10. The minimum atomic E-state index is -0.802. The lowest BCUT2D eigenvalue weighted by atomic mass is 10.1. The fraction of sp³-hybridized carbons (Fsp3) is 0.526. The van der Waals surface area contributed by atoms with E-state index < -0.39 is 24.0 Å². The van der Waals surface area contributed by atoms with Gasteiger partial charge in [-0.1, -0.05) is 0 Å². The van der Waals surface area contributed by atoms with Gasteiger partial charge in [0.2, 0.25) is 23.6 Å². The first-order chi connectivity index (χ1) is 13.9. The van der Waals surface area contributed by atoms with Gasteiger partial charge in [0.1, 0.15) is 29.7 Å². The number of ether oxygens (including phenoxy) is 1. The third-order valence-corrected chi connectivity index (χ3v) is 5.10. The number of carbonyl (C=O) groups excluding carboxylic acids is 4. The molecule has 3 atom stereocenters. The number of anilines is 1. The molecule has 3 rings (SSSR count). The average molecular weight is 403 g/mol. The Hall–Kier alpha value is -3.17. The van der Waals surface area contributed by atoms with Crippen molar-refractivity contribution in [1.82, 2.24) is 20.5 Å². The topological polar surface area (TPSA) is 130 Å². The Morgan fingerprint density at radius 2 is 2.10 bits per heavy atom. The highest BCUT2D eigenvalue weighted by Crippen LogP contribution is 2.21. The van der Waals surface area contributed by atoms with Crippen molar-refractivity contribution >= 4 is 29.4 Å². The van der Waals surface area contributed by atoms with Crippen molar-refractivity contribution in [3.8, 4) is 5.75 Å². The molecular weight excluding hydrogens is 378 g/mol. The van der Waals surface area contributed by atoms with Crippen molar-refractivity contribution in [1.29, 1.82) is 0 Å². The van der Waals surface area contributed by atoms with Gasteiger partial charge in [0, 0.05) is 25.2 Å². The molecule has 156 valence electrons. The number of nitrogens with one attached hydrogen (secondary N) is 3. The Bertz CT molecular complexity index is 814. The molecule has 2 fully saturated rings. The number of pyridine rings is 1. The molecule has 3 heterocycles. The van der Waals surface area contributed by atoms with E-state index in [0.29, 0.717) is 43.8 Å². The largest absolute Gasteiger partial charge is 0.497 e. The normalized spacial score (nSPS) is 22.0. The SMILES string of the molecule is COc1ccnc(NC(=O)[C@@H]2CCCN2C(=O)[C@H](C)NC(=O)[C@@H]2CCC(=O)N2)c1. The average Bonchev–Trinajstić information content (AvgIpc) is 3.36. The fourth-order valence-corrected chi connectivity index (χ4v) is 3.55. The summed E-state index contributed by atoms with van der Waals surface area (Å²) >= 11 is 0. The van der Waals surface area contributed by atoms with Gasteiger partial charge in [-0.15, -0.1) is 0 Å². The van der Waals surface area contributed by atoms with Crippen molar-refractivity contribution in [2.24, 2.45) is 0 Å². The number of rotatable bonds is 6. The summed E-state index contributed by atoms with van der Waals surface area (Å²) in [5, 5.41) is 7.93. The van der Waals surface area contributed by atoms with E-state index >= 15 is 0 Å². The Balaban J connectivity index is 1.59. The first kappa shape index (κ1) is 20.6. The summed E-state index contributed by atoms with van der Waals surface area (Å²) in [4.78, 5) is 54.6. The summed E-state index contributed by atoms with van der Waals surface area (Å²) in [6.07, 6.45) is 3.45. The van der Waals surface area contributed by atoms with Gasteiger partial charge in [-0.3, -0.25) is 19.2 Å². The molecule has 0 radical (unpaired) electrons. The van der Waals surface area contributed by atoms with Crippen LogP contribution in [0.2, 0.25) is 0 Å². The standard InChI is InChI=1S/C19H25N5O5/c1-11(21-17(26)13-5-6-16(25)22-13)19(28)24-9-3-4-14(24)18(27)23-15-10-12(29-2)7-8-20-15/h7-8,10-11,13-14H,3-6,9H2,1-2H3,(H,21,26)(H,22,25)(H,20,23,27)/t11-,13-,14-/m0/s1. The van der Waals surface area contributed by atoms with Gasteiger partial charge in [0.25, 0.3) is 0 Å². The van der Waals surface area contributed by atoms with E-state index in [1.54, 1.807) is 19.1 Å². The van der Waals surface area contributed by atoms with Crippen molar-refractivity contribution in [2.75, 3.05) is 19.0 Å². The molecule has 0 unspecified atom stereocenters. The molecule has 0 aromatic carbocycles. The number of methoxy groups -OCH3 is 1. The molecule has 4 amide bonds. The minimum absolute atomic E-state index is 0.174. The highest BCUT2D eigenvalue weighted by atomic mass is 16.5. The van der Waals surface area contributed by atoms with Crippen LogP contribution in [0.15, 0.2) is 18.3 Å². The zero-order valence-electron chi connectivity index (χ0n) is 16.4. The highest BCUT2D eigenvalue weighted by Gasteiger charge is 2.37. The van der Waals surface area contributed by atoms with E-state index in [0.717, 1.165) is 0 Å². The zero-order valence-corrected chi connectivity index (χ0v) is 16.4. The number of amides is 4. The molecule has 0 spiro atoms. The maximum atomic E-state index is 12.8. The van der Waals surface area contributed by atoms with Crippen LogP contribution in [0.4, 0.5) is 5.82 Å². The van der Waals surface area contributed by atoms with E-state index in [-0.39, 0.29) is 17.7 Å². The van der Waals surface area contributed by atoms with Crippen LogP contribution in [0.5, 0.6) is 5.75 Å². The van der Waals surface area contributed by atoms with Crippen molar-refractivity contribution in [3.63, 3.8) is 0 Å². The van der Waals surface area contributed by atoms with Crippen LogP contribution in [0.25, 0.3) is 0 Å². The second-order valence-corrected chi connectivity index (χ2v) is 7.15. The van der Waals surface area contributed by atoms with Crippen LogP contribution in [-0.2, 0) is 19.2 Å². The second kappa shape index (κ2) is 8.89. The van der Waals surface area contributed by atoms with Gasteiger partial charge in [-0.05, 0) is 32.3 Å². The first-order valence-electron chi connectivity index (χ1n) is 9.60. The molecule has 2 saturated heterocycles. The monoisotopic (exact) mass is 403 g/mol. The number of nitrogens with zero attached hydrogens (tertiary/aromatic N) is 2. The number of hydrogen-bond acceptors (Lipinski definition) is 6. The van der Waals surface area contributed by atoms with Crippen LogP contribution in [0.3, 0.4) is 0 Å². The number of likely N-dealkylation sites (tertiary alicyclic amines) is 1. The van der Waals surface area contributed by atoms with Crippen molar-refractivity contribution in [2.45, 2.75) is 50.7 Å². The van der Waals surface area contributed by atoms with Crippen LogP contribution in [0.1, 0.15) is 32.6 Å². The Kier molecular flexibility index (Phi) is 6.30. The molecule has 1 aromatic rings. The van der Waals surface area contributed by atoms with Crippen LogP contribution in [-0.4, -0.2) is 65.3 Å². The zero-order chi connectivity index (χ0) is 21.0. The molecule has 0 bridgehead atoms. The van der Waals surface area contributed by atoms with Gasteiger partial charge in [0.05, 0.1) is 7.11 Å². The van der Waals surface area contributed by atoms with Gasteiger partial charge >= 0.3 is 0 Å². The van der Waals surface area contributed by atoms with E-state index in [4.69, 9.17) is 4.74 Å². The predicted molar refractivity (Wildman–Crippen MR) is 103 cm³/mol. The van der Waals surface area contributed by atoms with Crippen molar-refractivity contribution in [3.05, 3.63) is 18.3 Å². The molecule has 10 nitrogen and oxygen atoms in total. The van der Waals surface area contributed by atoms with E-state index in [2.05, 4.69) is 20.9 Å². The Labute approximate surface area is 168 Å². The summed E-state index contributed by atoms with van der Waals surface area (Å²) in [6, 6.07) is 1.20. The van der Waals surface area contributed by atoms with Gasteiger partial charge in [0.15, 0.2) is 0 Å². The summed E-state index contributed by atoms with van der Waals surface area (Å²) < 4.78 is 5.12. The molecule has 2 aliphatic rings. The van der Waals surface area contributed by atoms with Crippen LogP contribution < -0.4 is 20.7 Å². The van der Waals surface area contributed by atoms with E-state index in [1.807, 2.05) is 0 Å². The second-order valence-electron chi connectivity index (χ2n) is 7.15. The fourth-order valence-electron chi connectivity index (χ4n) is 3.55. The maximum Gasteiger partial charge on any atom is 0.248 e. The van der Waals surface area contributed by atoms with Crippen LogP contribution >= 0.6 is 0 Å². The number of hydrogen-bond donors (Lipinski definition) is 3. The van der Waals surface area contributed by atoms with E-state index in [1.165, 1.54) is 18.2 Å². The molecule has 0 aliphatic carbocycles. The first-order valence-corrected chi connectivity index (χ1v) is 9.60. The lowest BCUT2D eigenvalue weighted by Crippen LogP contribution is -2.54. The van der Waals surface area contributed by atoms with Gasteiger partial charge in [-0.2, -0.15) is 0 Å². The highest BCUT2D eigenvalue weighted by molar-refractivity contribution is 5.99. The molecule has 1 aromatic heterocycles. The lowest BCUT2D eigenvalue weighted by molar-refractivity contribution is -0.140. The summed E-state index contributed by atoms with van der Waals surface area (Å²) in [6.45, 7) is 2.01. The summed E-state index contributed by atoms with van der Waals surface area (Å²) in [7, 11) is 1.52. The van der Waals surface area contributed by atoms with Crippen LogP contribution in [0, 0.1) is 0 Å². The van der Waals surface area contributed by atoms with Gasteiger partial charge < -0.3 is 25.6 Å². The van der Waals surface area contributed by atoms with Crippen molar-refractivity contribution < 1.29 is 23.9 Å². The lowest BCUT2D eigenvalue weighted by Gasteiger charge is -2.27. The molecular formula is C19H25N5O5. The summed E-state index contributed by atoms with van der Waals surface area (Å²) in [5.41, 5.74) is 0. The summed E-state index contributed by atoms with van der Waals surface area (Å²) in [5.74, 6) is -0.335. The minimum Gasteiger partial charge on any atom is -0.497 e. The predicted octanol–water partition coefficient (Wildman–Crippen LogP) is -0.197. The molecule has 0 saturated carbocycles. The molecule has 3 N–H and O–H groups in total. The maximum absolute atomic E-state index is 12.8.